The van der Waals surface area contributed by atoms with Crippen molar-refractivity contribution in [3.05, 3.63) is 60.6 Å². The van der Waals surface area contributed by atoms with Crippen LogP contribution in [0.15, 0.2) is 55.0 Å². The molecule has 1 saturated heterocycles. The van der Waals surface area contributed by atoms with Crippen LogP contribution in [0.2, 0.25) is 0 Å². The molecular formula is C27H32N10O. The number of ether oxygens (including phenoxy) is 1. The van der Waals surface area contributed by atoms with Gasteiger partial charge >= 0.3 is 0 Å². The minimum absolute atomic E-state index is 0.503. The smallest absolute Gasteiger partial charge is 0.255 e. The van der Waals surface area contributed by atoms with E-state index in [1.54, 1.807) is 4.68 Å². The predicted molar refractivity (Wildman–Crippen MR) is 146 cm³/mol. The molecule has 5 aromatic rings. The first-order valence-electron chi connectivity index (χ1n) is 12.9. The molecule has 38 heavy (non-hydrogen) atoms. The molecule has 0 radical (unpaired) electrons. The van der Waals surface area contributed by atoms with Crippen molar-refractivity contribution in [3.63, 3.8) is 0 Å². The van der Waals surface area contributed by atoms with Gasteiger partial charge in [-0.25, -0.2) is 4.68 Å². The second-order valence-electron chi connectivity index (χ2n) is 9.89. The number of fused-ring (bicyclic) bond motifs is 1. The Hall–Kier alpha value is -4.09. The Morgan fingerprint density at radius 1 is 0.974 bits per heavy atom. The van der Waals surface area contributed by atoms with E-state index in [9.17, 15) is 0 Å². The number of hydrogen-bond acceptors (Lipinski definition) is 8. The Morgan fingerprint density at radius 2 is 1.84 bits per heavy atom. The molecule has 0 spiro atoms. The molecule has 0 saturated carbocycles. The molecule has 0 amide bonds. The summed E-state index contributed by atoms with van der Waals surface area (Å²) < 4.78 is 11.1. The van der Waals surface area contributed by atoms with Crippen molar-refractivity contribution in [3.8, 4) is 28.5 Å². The van der Waals surface area contributed by atoms with Crippen LogP contribution in [-0.2, 0) is 11.3 Å². The lowest BCUT2D eigenvalue weighted by Gasteiger charge is -2.27. The molecule has 1 aliphatic heterocycles. The van der Waals surface area contributed by atoms with Crippen LogP contribution in [0.5, 0.6) is 0 Å². The standard InChI is InChI=1S/C27H32N10O/c1-20-6-4-7-21(16-20)23-8-11-36(31-23)26-29-25-17-24(22-18-28-35(19-22)10-5-9-33(2)3)32-37(25)27(30-26)34-12-14-38-15-13-34/h4,6-8,11,16-19H,5,9-10,12-15H2,1-3H3. The molecule has 4 aromatic heterocycles. The van der Waals surface area contributed by atoms with Crippen molar-refractivity contribution < 1.29 is 4.74 Å². The van der Waals surface area contributed by atoms with Crippen molar-refractivity contribution in [2.45, 2.75) is 19.9 Å². The number of anilines is 1. The van der Waals surface area contributed by atoms with Gasteiger partial charge in [0, 0.05) is 49.2 Å². The van der Waals surface area contributed by atoms with Crippen molar-refractivity contribution >= 4 is 11.6 Å². The van der Waals surface area contributed by atoms with Crippen molar-refractivity contribution in [2.75, 3.05) is 51.8 Å². The summed E-state index contributed by atoms with van der Waals surface area (Å²) >= 11 is 0. The van der Waals surface area contributed by atoms with Crippen LogP contribution in [0, 0.1) is 6.92 Å². The Morgan fingerprint density at radius 3 is 2.66 bits per heavy atom. The van der Waals surface area contributed by atoms with Gasteiger partial charge in [-0.1, -0.05) is 23.8 Å². The van der Waals surface area contributed by atoms with Gasteiger partial charge in [0.2, 0.25) is 5.95 Å². The minimum Gasteiger partial charge on any atom is -0.378 e. The van der Waals surface area contributed by atoms with E-state index in [1.807, 2.05) is 46.0 Å². The number of benzene rings is 1. The minimum atomic E-state index is 0.503. The molecule has 0 atom stereocenters. The fraction of sp³-hybridized carbons (Fsp3) is 0.370. The summed E-state index contributed by atoms with van der Waals surface area (Å²) in [5, 5.41) is 14.2. The van der Waals surface area contributed by atoms with Gasteiger partial charge in [-0.05, 0) is 46.1 Å². The molecule has 1 fully saturated rings. The van der Waals surface area contributed by atoms with Gasteiger partial charge in [0.25, 0.3) is 5.95 Å². The summed E-state index contributed by atoms with van der Waals surface area (Å²) in [4.78, 5) is 14.1. The van der Waals surface area contributed by atoms with Gasteiger partial charge < -0.3 is 14.5 Å². The summed E-state index contributed by atoms with van der Waals surface area (Å²) in [6.45, 7) is 6.72. The van der Waals surface area contributed by atoms with Gasteiger partial charge in [0.05, 0.1) is 30.8 Å². The third kappa shape index (κ3) is 5.02. The lowest BCUT2D eigenvalue weighted by Crippen LogP contribution is -2.38. The molecule has 0 unspecified atom stereocenters. The zero-order valence-corrected chi connectivity index (χ0v) is 22.0. The van der Waals surface area contributed by atoms with E-state index in [-0.39, 0.29) is 0 Å². The summed E-state index contributed by atoms with van der Waals surface area (Å²) in [5.41, 5.74) is 5.60. The van der Waals surface area contributed by atoms with E-state index in [1.165, 1.54) is 5.56 Å². The number of nitrogens with zero attached hydrogens (tertiary/aromatic N) is 10. The molecule has 0 aliphatic carbocycles. The van der Waals surface area contributed by atoms with Crippen LogP contribution < -0.4 is 4.90 Å². The first kappa shape index (κ1) is 24.3. The molecule has 196 valence electrons. The Balaban J connectivity index is 1.36. The van der Waals surface area contributed by atoms with E-state index < -0.39 is 0 Å². The average molecular weight is 513 g/mol. The first-order chi connectivity index (χ1) is 18.5. The van der Waals surface area contributed by atoms with Crippen LogP contribution in [0.1, 0.15) is 12.0 Å². The highest BCUT2D eigenvalue weighted by Gasteiger charge is 2.21. The summed E-state index contributed by atoms with van der Waals surface area (Å²) in [6, 6.07) is 12.3. The lowest BCUT2D eigenvalue weighted by molar-refractivity contribution is 0.121. The molecule has 5 heterocycles. The third-order valence-corrected chi connectivity index (χ3v) is 6.62. The maximum Gasteiger partial charge on any atom is 0.255 e. The van der Waals surface area contributed by atoms with Crippen molar-refractivity contribution in [1.82, 2.24) is 44.0 Å². The summed E-state index contributed by atoms with van der Waals surface area (Å²) in [7, 11) is 4.17. The molecule has 11 heteroatoms. The predicted octanol–water partition coefficient (Wildman–Crippen LogP) is 2.94. The number of rotatable bonds is 8. The van der Waals surface area contributed by atoms with E-state index >= 15 is 0 Å². The first-order valence-corrected chi connectivity index (χ1v) is 12.9. The molecule has 11 nitrogen and oxygen atoms in total. The maximum absolute atomic E-state index is 5.59. The van der Waals surface area contributed by atoms with Crippen LogP contribution in [0.4, 0.5) is 5.95 Å². The second kappa shape index (κ2) is 10.3. The normalized spacial score (nSPS) is 14.2. The van der Waals surface area contributed by atoms with E-state index in [0.717, 1.165) is 61.1 Å². The topological polar surface area (TPSA) is 94.4 Å². The Labute approximate surface area is 221 Å². The van der Waals surface area contributed by atoms with Gasteiger partial charge in [-0.2, -0.15) is 29.8 Å². The number of aromatic nitrogens is 8. The number of morpholine rings is 1. The zero-order valence-electron chi connectivity index (χ0n) is 22.0. The SMILES string of the molecule is Cc1cccc(-c2ccn(-c3nc(N4CCOCC4)n4nc(-c5cnn(CCCN(C)C)c5)cc4n3)n2)c1. The van der Waals surface area contributed by atoms with Crippen LogP contribution in [-0.4, -0.2) is 91.0 Å². The molecule has 1 aromatic carbocycles. The number of hydrogen-bond donors (Lipinski definition) is 0. The van der Waals surface area contributed by atoms with Gasteiger partial charge in [-0.15, -0.1) is 0 Å². The lowest BCUT2D eigenvalue weighted by atomic mass is 10.1. The van der Waals surface area contributed by atoms with E-state index in [0.29, 0.717) is 24.8 Å². The highest BCUT2D eigenvalue weighted by molar-refractivity contribution is 5.65. The van der Waals surface area contributed by atoms with Crippen LogP contribution in [0.25, 0.3) is 34.1 Å². The molecular weight excluding hydrogens is 480 g/mol. The summed E-state index contributed by atoms with van der Waals surface area (Å²) in [6.07, 6.45) is 6.84. The van der Waals surface area contributed by atoms with E-state index in [2.05, 4.69) is 54.1 Å². The average Bonchev–Trinajstić information content (AvgIpc) is 3.68. The molecule has 6 rings (SSSR count). The quantitative estimate of drug-likeness (QED) is 0.313. The Bertz CT molecular complexity index is 1540. The van der Waals surface area contributed by atoms with E-state index in [4.69, 9.17) is 24.9 Å². The fourth-order valence-electron chi connectivity index (χ4n) is 4.63. The molecule has 1 aliphatic rings. The van der Waals surface area contributed by atoms with Gasteiger partial charge in [-0.3, -0.25) is 4.68 Å². The van der Waals surface area contributed by atoms with Crippen LogP contribution >= 0.6 is 0 Å². The third-order valence-electron chi connectivity index (χ3n) is 6.62. The van der Waals surface area contributed by atoms with Crippen molar-refractivity contribution in [2.24, 2.45) is 0 Å². The fourth-order valence-corrected chi connectivity index (χ4v) is 4.63. The van der Waals surface area contributed by atoms with Gasteiger partial charge in [0.1, 0.15) is 0 Å². The largest absolute Gasteiger partial charge is 0.378 e. The second-order valence-corrected chi connectivity index (χ2v) is 9.89. The van der Waals surface area contributed by atoms with Gasteiger partial charge in [0.15, 0.2) is 5.65 Å². The Kier molecular flexibility index (Phi) is 6.61. The highest BCUT2D eigenvalue weighted by atomic mass is 16.5. The van der Waals surface area contributed by atoms with Crippen molar-refractivity contribution in [1.29, 1.82) is 0 Å². The summed E-state index contributed by atoms with van der Waals surface area (Å²) in [5.74, 6) is 1.23. The maximum atomic E-state index is 5.59. The molecule has 0 bridgehead atoms. The van der Waals surface area contributed by atoms with Crippen LogP contribution in [0.3, 0.4) is 0 Å². The number of aryl methyl sites for hydroxylation is 2. The zero-order chi connectivity index (χ0) is 26.1. The molecule has 0 N–H and O–H groups in total. The highest BCUT2D eigenvalue weighted by Crippen LogP contribution is 2.24. The monoisotopic (exact) mass is 512 g/mol.